The van der Waals surface area contributed by atoms with Crippen LogP contribution >= 0.6 is 0 Å². The minimum atomic E-state index is -0.146. The van der Waals surface area contributed by atoms with Gasteiger partial charge in [-0.2, -0.15) is 0 Å². The molecule has 2 heterocycles. The minimum Gasteiger partial charge on any atom is -0.342 e. The Morgan fingerprint density at radius 2 is 2.36 bits per heavy atom. The van der Waals surface area contributed by atoms with Crippen molar-refractivity contribution in [2.45, 2.75) is 13.1 Å². The molecule has 0 saturated carbocycles. The van der Waals surface area contributed by atoms with E-state index in [1.807, 2.05) is 0 Å². The summed E-state index contributed by atoms with van der Waals surface area (Å²) < 4.78 is 1.78. The Hall–Kier alpha value is -1.43. The van der Waals surface area contributed by atoms with Gasteiger partial charge in [-0.3, -0.25) is 4.79 Å². The van der Waals surface area contributed by atoms with Gasteiger partial charge in [0.2, 0.25) is 5.82 Å². The molecule has 1 aliphatic heterocycles. The Balaban J connectivity index is 2.28. The third-order valence-corrected chi connectivity index (χ3v) is 2.13. The first kappa shape index (κ1) is 9.14. The molecule has 1 aliphatic rings. The molecule has 1 aromatic heterocycles. The molecule has 0 spiro atoms. The molecule has 0 aliphatic carbocycles. The predicted molar refractivity (Wildman–Crippen MR) is 49.7 cm³/mol. The van der Waals surface area contributed by atoms with Crippen LogP contribution in [0.2, 0.25) is 0 Å². The molecule has 0 saturated heterocycles. The molecule has 0 fully saturated rings. The lowest BCUT2D eigenvalue weighted by Crippen LogP contribution is -2.28. The van der Waals surface area contributed by atoms with Crippen molar-refractivity contribution in [3.8, 4) is 0 Å². The van der Waals surface area contributed by atoms with Gasteiger partial charge in [0.25, 0.3) is 5.91 Å². The molecule has 1 amide bonds. The van der Waals surface area contributed by atoms with Crippen molar-refractivity contribution in [1.29, 1.82) is 0 Å². The molecule has 1 N–H and O–H groups in total. The summed E-state index contributed by atoms with van der Waals surface area (Å²) >= 11 is 0. The minimum absolute atomic E-state index is 0.146. The Morgan fingerprint density at radius 1 is 1.57 bits per heavy atom. The van der Waals surface area contributed by atoms with Crippen molar-refractivity contribution in [2.24, 2.45) is 0 Å². The maximum Gasteiger partial charge on any atom is 0.293 e. The third kappa shape index (κ3) is 1.48. The van der Waals surface area contributed by atoms with Crippen LogP contribution in [0, 0.1) is 0 Å². The van der Waals surface area contributed by atoms with Crippen molar-refractivity contribution in [3.63, 3.8) is 0 Å². The number of hydrogen-bond donors (Lipinski definition) is 1. The topological polar surface area (TPSA) is 63.1 Å². The van der Waals surface area contributed by atoms with E-state index in [4.69, 9.17) is 0 Å². The average molecular weight is 195 g/mol. The highest BCUT2D eigenvalue weighted by Crippen LogP contribution is 2.03. The van der Waals surface area contributed by atoms with E-state index >= 15 is 0 Å². The van der Waals surface area contributed by atoms with Crippen molar-refractivity contribution in [2.75, 3.05) is 20.6 Å². The zero-order valence-corrected chi connectivity index (χ0v) is 8.32. The van der Waals surface area contributed by atoms with E-state index in [2.05, 4.69) is 15.4 Å². The number of carbonyl (C=O) groups excluding carboxylic acids is 1. The van der Waals surface area contributed by atoms with Crippen LogP contribution in [0.3, 0.4) is 0 Å². The molecule has 0 aromatic carbocycles. The molecule has 6 nitrogen and oxygen atoms in total. The monoisotopic (exact) mass is 195 g/mol. The summed E-state index contributed by atoms with van der Waals surface area (Å²) in [6.07, 6.45) is 0. The maximum atomic E-state index is 11.5. The zero-order valence-electron chi connectivity index (χ0n) is 8.32. The average Bonchev–Trinajstić information content (AvgIpc) is 2.59. The van der Waals surface area contributed by atoms with E-state index in [-0.39, 0.29) is 11.7 Å². The molecule has 1 aromatic rings. The predicted octanol–water partition coefficient (Wildman–Crippen LogP) is -0.917. The molecule has 0 radical (unpaired) electrons. The SMILES string of the molecule is CN(C)C(=O)c1nc2n(n1)CCNC2. The fourth-order valence-electron chi connectivity index (χ4n) is 1.36. The Kier molecular flexibility index (Phi) is 2.20. The van der Waals surface area contributed by atoms with Gasteiger partial charge in [-0.05, 0) is 0 Å². The first-order valence-electron chi connectivity index (χ1n) is 4.54. The number of aromatic nitrogens is 3. The van der Waals surface area contributed by atoms with Crippen LogP contribution in [0.1, 0.15) is 16.4 Å². The number of amides is 1. The van der Waals surface area contributed by atoms with Crippen LogP contribution in [0.25, 0.3) is 0 Å². The van der Waals surface area contributed by atoms with Gasteiger partial charge in [-0.25, -0.2) is 9.67 Å². The summed E-state index contributed by atoms with van der Waals surface area (Å²) in [6.45, 7) is 2.35. The van der Waals surface area contributed by atoms with Crippen LogP contribution in [0.15, 0.2) is 0 Å². The second-order valence-corrected chi connectivity index (χ2v) is 3.45. The van der Waals surface area contributed by atoms with Gasteiger partial charge in [0.05, 0.1) is 13.1 Å². The van der Waals surface area contributed by atoms with Gasteiger partial charge in [0, 0.05) is 20.6 Å². The van der Waals surface area contributed by atoms with Gasteiger partial charge in [-0.15, -0.1) is 5.10 Å². The second kappa shape index (κ2) is 3.38. The van der Waals surface area contributed by atoms with Crippen molar-refractivity contribution in [1.82, 2.24) is 25.0 Å². The molecule has 0 unspecified atom stereocenters. The number of nitrogens with one attached hydrogen (secondary N) is 1. The highest BCUT2D eigenvalue weighted by molar-refractivity contribution is 5.89. The number of hydrogen-bond acceptors (Lipinski definition) is 4. The summed E-state index contributed by atoms with van der Waals surface area (Å²) in [5.41, 5.74) is 0. The lowest BCUT2D eigenvalue weighted by Gasteiger charge is -2.11. The molecule has 76 valence electrons. The molecule has 14 heavy (non-hydrogen) atoms. The van der Waals surface area contributed by atoms with E-state index in [1.54, 1.807) is 18.8 Å². The molecule has 6 heteroatoms. The van der Waals surface area contributed by atoms with E-state index in [9.17, 15) is 4.79 Å². The Morgan fingerprint density at radius 3 is 3.00 bits per heavy atom. The fourth-order valence-corrected chi connectivity index (χ4v) is 1.36. The standard InChI is InChI=1S/C8H13N5O/c1-12(2)8(14)7-10-6-5-9-3-4-13(6)11-7/h9H,3-5H2,1-2H3. The van der Waals surface area contributed by atoms with Gasteiger partial charge < -0.3 is 10.2 Å². The lowest BCUT2D eigenvalue weighted by atomic mass is 10.4. The number of fused-ring (bicyclic) bond motifs is 1. The van der Waals surface area contributed by atoms with Crippen molar-refractivity contribution < 1.29 is 4.79 Å². The summed E-state index contributed by atoms with van der Waals surface area (Å²) in [4.78, 5) is 17.2. The largest absolute Gasteiger partial charge is 0.342 e. The number of carbonyl (C=O) groups is 1. The van der Waals surface area contributed by atoms with Crippen molar-refractivity contribution >= 4 is 5.91 Å². The van der Waals surface area contributed by atoms with Crippen LogP contribution in [-0.2, 0) is 13.1 Å². The van der Waals surface area contributed by atoms with Crippen LogP contribution in [0.4, 0.5) is 0 Å². The fraction of sp³-hybridized carbons (Fsp3) is 0.625. The normalized spacial score (nSPS) is 15.0. The van der Waals surface area contributed by atoms with Crippen molar-refractivity contribution in [3.05, 3.63) is 11.6 Å². The van der Waals surface area contributed by atoms with E-state index in [0.717, 1.165) is 18.9 Å². The highest BCUT2D eigenvalue weighted by Gasteiger charge is 2.19. The van der Waals surface area contributed by atoms with Gasteiger partial charge in [0.15, 0.2) is 0 Å². The number of rotatable bonds is 1. The lowest BCUT2D eigenvalue weighted by molar-refractivity contribution is 0.0815. The summed E-state index contributed by atoms with van der Waals surface area (Å²) in [7, 11) is 3.39. The third-order valence-electron chi connectivity index (χ3n) is 2.13. The van der Waals surface area contributed by atoms with Crippen LogP contribution in [-0.4, -0.2) is 46.2 Å². The van der Waals surface area contributed by atoms with Gasteiger partial charge in [-0.1, -0.05) is 0 Å². The van der Waals surface area contributed by atoms with Gasteiger partial charge >= 0.3 is 0 Å². The molecule has 0 atom stereocenters. The smallest absolute Gasteiger partial charge is 0.293 e. The van der Waals surface area contributed by atoms with E-state index in [1.165, 1.54) is 4.90 Å². The molecule has 0 bridgehead atoms. The Labute approximate surface area is 81.9 Å². The first-order chi connectivity index (χ1) is 6.68. The molecular weight excluding hydrogens is 182 g/mol. The Bertz CT molecular complexity index is 333. The first-order valence-corrected chi connectivity index (χ1v) is 4.54. The second-order valence-electron chi connectivity index (χ2n) is 3.45. The van der Waals surface area contributed by atoms with Gasteiger partial charge in [0.1, 0.15) is 5.82 Å². The maximum absolute atomic E-state index is 11.5. The molecule has 2 rings (SSSR count). The summed E-state index contributed by atoms with van der Waals surface area (Å²) in [6, 6.07) is 0. The van der Waals surface area contributed by atoms with Crippen LogP contribution < -0.4 is 5.32 Å². The molecular formula is C8H13N5O. The highest BCUT2D eigenvalue weighted by atomic mass is 16.2. The van der Waals surface area contributed by atoms with E-state index < -0.39 is 0 Å². The summed E-state index contributed by atoms with van der Waals surface area (Å²) in [5.74, 6) is 0.974. The quantitative estimate of drug-likeness (QED) is 0.629. The number of nitrogens with zero attached hydrogens (tertiary/aromatic N) is 4. The zero-order chi connectivity index (χ0) is 10.1. The van der Waals surface area contributed by atoms with E-state index in [0.29, 0.717) is 6.54 Å². The summed E-state index contributed by atoms with van der Waals surface area (Å²) in [5, 5.41) is 7.32. The van der Waals surface area contributed by atoms with Crippen LogP contribution in [0.5, 0.6) is 0 Å².